The summed E-state index contributed by atoms with van der Waals surface area (Å²) in [6.07, 6.45) is 3.69. The van der Waals surface area contributed by atoms with Crippen LogP contribution < -0.4 is 18.9 Å². The summed E-state index contributed by atoms with van der Waals surface area (Å²) in [7, 11) is 3.22. The first kappa shape index (κ1) is 28.7. The van der Waals surface area contributed by atoms with E-state index in [9.17, 15) is 0 Å². The van der Waals surface area contributed by atoms with Crippen LogP contribution >= 0.6 is 0 Å². The Bertz CT molecular complexity index is 1520. The maximum atomic E-state index is 6.03. The summed E-state index contributed by atoms with van der Waals surface area (Å²) in [5.41, 5.74) is 4.40. The molecule has 0 N–H and O–H groups in total. The molecule has 0 saturated carbocycles. The van der Waals surface area contributed by atoms with Crippen LogP contribution in [-0.4, -0.2) is 57.4 Å². The third kappa shape index (κ3) is 6.22. The van der Waals surface area contributed by atoms with E-state index in [1.54, 1.807) is 23.6 Å². The van der Waals surface area contributed by atoms with Crippen molar-refractivity contribution in [1.82, 2.24) is 30.0 Å². The first-order valence-electron chi connectivity index (χ1n) is 13.9. The number of methoxy groups -OCH3 is 2. The summed E-state index contributed by atoms with van der Waals surface area (Å²) < 4.78 is 27.0. The van der Waals surface area contributed by atoms with Gasteiger partial charge in [0.15, 0.2) is 0 Å². The molecular weight excluding hydrogens is 532 g/mol. The van der Waals surface area contributed by atoms with Crippen molar-refractivity contribution in [3.63, 3.8) is 0 Å². The van der Waals surface area contributed by atoms with Gasteiger partial charge in [-0.2, -0.15) is 0 Å². The van der Waals surface area contributed by atoms with Gasteiger partial charge in [-0.15, -0.1) is 10.2 Å². The number of ether oxygens (including phenoxy) is 4. The minimum atomic E-state index is 0.401. The van der Waals surface area contributed by atoms with Crippen molar-refractivity contribution in [2.45, 2.75) is 27.7 Å². The van der Waals surface area contributed by atoms with Gasteiger partial charge in [0.05, 0.1) is 39.8 Å². The van der Waals surface area contributed by atoms with E-state index in [1.165, 1.54) is 0 Å². The number of nitrogens with zero attached hydrogens (tertiary/aromatic N) is 6. The number of aromatic nitrogens is 6. The lowest BCUT2D eigenvalue weighted by Gasteiger charge is -2.14. The maximum absolute atomic E-state index is 6.03. The van der Waals surface area contributed by atoms with Gasteiger partial charge < -0.3 is 18.9 Å². The van der Waals surface area contributed by atoms with Crippen LogP contribution in [0.4, 0.5) is 0 Å². The van der Waals surface area contributed by atoms with Crippen molar-refractivity contribution >= 4 is 0 Å². The second-order valence-corrected chi connectivity index (χ2v) is 10.7. The molecule has 0 fully saturated rings. The molecule has 10 heteroatoms. The summed E-state index contributed by atoms with van der Waals surface area (Å²) in [4.78, 5) is 0. The topological polar surface area (TPSA) is 98.3 Å². The highest BCUT2D eigenvalue weighted by molar-refractivity contribution is 5.69. The summed E-state index contributed by atoms with van der Waals surface area (Å²) in [5, 5.41) is 17.7. The number of para-hydroxylation sites is 2. The van der Waals surface area contributed by atoms with Gasteiger partial charge in [0.2, 0.25) is 0 Å². The van der Waals surface area contributed by atoms with Crippen LogP contribution in [-0.2, 0) is 0 Å². The maximum Gasteiger partial charge on any atom is 0.147 e. The second kappa shape index (κ2) is 12.8. The van der Waals surface area contributed by atoms with Gasteiger partial charge in [0, 0.05) is 23.3 Å². The fourth-order valence-electron chi connectivity index (χ4n) is 4.35. The van der Waals surface area contributed by atoms with Crippen LogP contribution in [0.2, 0.25) is 0 Å². The Morgan fingerprint density at radius 2 is 1.00 bits per heavy atom. The molecule has 2 heterocycles. The SMILES string of the molecule is COc1cc(-n2cc(-c3ccccc3OCC(C)C)nn2)c(OC)cc1-n1cc(-c2ccccc2OCC(C)C)nn1. The molecule has 0 spiro atoms. The average Bonchev–Trinajstić information content (AvgIpc) is 3.69. The lowest BCUT2D eigenvalue weighted by atomic mass is 10.1. The van der Waals surface area contributed by atoms with Crippen molar-refractivity contribution in [2.75, 3.05) is 27.4 Å². The van der Waals surface area contributed by atoms with E-state index in [0.29, 0.717) is 59.3 Å². The van der Waals surface area contributed by atoms with Crippen LogP contribution in [0.5, 0.6) is 23.0 Å². The van der Waals surface area contributed by atoms with E-state index in [1.807, 2.05) is 73.1 Å². The molecule has 42 heavy (non-hydrogen) atoms. The molecular formula is C32H36N6O4. The monoisotopic (exact) mass is 568 g/mol. The van der Waals surface area contributed by atoms with Gasteiger partial charge in [0.25, 0.3) is 0 Å². The third-order valence-electron chi connectivity index (χ3n) is 6.43. The predicted molar refractivity (Wildman–Crippen MR) is 161 cm³/mol. The van der Waals surface area contributed by atoms with Gasteiger partial charge in [0.1, 0.15) is 45.8 Å². The van der Waals surface area contributed by atoms with Crippen molar-refractivity contribution in [3.8, 4) is 56.9 Å². The van der Waals surface area contributed by atoms with Gasteiger partial charge in [-0.25, -0.2) is 9.36 Å². The molecule has 5 aromatic rings. The van der Waals surface area contributed by atoms with Gasteiger partial charge >= 0.3 is 0 Å². The Hall–Kier alpha value is -4.86. The molecule has 10 nitrogen and oxygen atoms in total. The zero-order valence-corrected chi connectivity index (χ0v) is 24.8. The number of hydrogen-bond donors (Lipinski definition) is 0. The normalized spacial score (nSPS) is 11.2. The lowest BCUT2D eigenvalue weighted by Crippen LogP contribution is -2.05. The Morgan fingerprint density at radius 1 is 0.595 bits per heavy atom. The number of benzene rings is 3. The molecule has 2 aromatic heterocycles. The quantitative estimate of drug-likeness (QED) is 0.174. The standard InChI is InChI=1S/C32H36N6O4/c1-21(2)19-41-29-13-9-7-11-23(29)25-17-37(35-33-25)27-15-32(40-6)28(16-31(27)39-5)38-18-26(34-36-38)24-12-8-10-14-30(24)42-20-22(3)4/h7-18,21-22H,19-20H2,1-6H3. The van der Waals surface area contributed by atoms with Crippen LogP contribution in [0.25, 0.3) is 33.9 Å². The molecule has 0 aliphatic rings. The molecule has 0 saturated heterocycles. The Labute approximate surface area is 245 Å². The molecule has 0 aliphatic carbocycles. The molecule has 0 aliphatic heterocycles. The molecule has 0 unspecified atom stereocenters. The number of rotatable bonds is 12. The Balaban J connectivity index is 1.48. The zero-order valence-electron chi connectivity index (χ0n) is 24.8. The average molecular weight is 569 g/mol. The van der Waals surface area contributed by atoms with Gasteiger partial charge in [-0.3, -0.25) is 0 Å². The van der Waals surface area contributed by atoms with Crippen molar-refractivity contribution in [1.29, 1.82) is 0 Å². The highest BCUT2D eigenvalue weighted by Gasteiger charge is 2.19. The number of hydrogen-bond acceptors (Lipinski definition) is 8. The minimum absolute atomic E-state index is 0.401. The van der Waals surface area contributed by atoms with E-state index < -0.39 is 0 Å². The largest absolute Gasteiger partial charge is 0.494 e. The minimum Gasteiger partial charge on any atom is -0.494 e. The van der Waals surface area contributed by atoms with Gasteiger partial charge in [-0.1, -0.05) is 62.4 Å². The summed E-state index contributed by atoms with van der Waals surface area (Å²) >= 11 is 0. The fraction of sp³-hybridized carbons (Fsp3) is 0.312. The fourth-order valence-corrected chi connectivity index (χ4v) is 4.35. The van der Waals surface area contributed by atoms with Crippen LogP contribution in [0.1, 0.15) is 27.7 Å². The van der Waals surface area contributed by atoms with Crippen molar-refractivity contribution in [2.24, 2.45) is 11.8 Å². The second-order valence-electron chi connectivity index (χ2n) is 10.7. The molecule has 0 radical (unpaired) electrons. The van der Waals surface area contributed by atoms with E-state index in [-0.39, 0.29) is 0 Å². The van der Waals surface area contributed by atoms with Crippen LogP contribution in [0.3, 0.4) is 0 Å². The van der Waals surface area contributed by atoms with Crippen molar-refractivity contribution < 1.29 is 18.9 Å². The highest BCUT2D eigenvalue weighted by Crippen LogP contribution is 2.36. The zero-order chi connectivity index (χ0) is 29.6. The van der Waals surface area contributed by atoms with Gasteiger partial charge in [-0.05, 0) is 36.1 Å². The van der Waals surface area contributed by atoms with Crippen molar-refractivity contribution in [3.05, 3.63) is 73.1 Å². The molecule has 0 atom stereocenters. The smallest absolute Gasteiger partial charge is 0.147 e. The highest BCUT2D eigenvalue weighted by atomic mass is 16.5. The molecule has 218 valence electrons. The Kier molecular flexibility index (Phi) is 8.71. The van der Waals surface area contributed by atoms with E-state index in [4.69, 9.17) is 18.9 Å². The summed E-state index contributed by atoms with van der Waals surface area (Å²) in [5.74, 6) is 3.44. The van der Waals surface area contributed by atoms with E-state index in [0.717, 1.165) is 22.6 Å². The van der Waals surface area contributed by atoms with E-state index in [2.05, 4.69) is 48.3 Å². The summed E-state index contributed by atoms with van der Waals surface area (Å²) in [6.45, 7) is 9.68. The predicted octanol–water partition coefficient (Wildman–Crippen LogP) is 6.27. The lowest BCUT2D eigenvalue weighted by molar-refractivity contribution is 0.272. The van der Waals surface area contributed by atoms with Crippen LogP contribution in [0, 0.1) is 11.8 Å². The van der Waals surface area contributed by atoms with E-state index >= 15 is 0 Å². The van der Waals surface area contributed by atoms with Crippen LogP contribution in [0.15, 0.2) is 73.1 Å². The first-order chi connectivity index (χ1) is 20.4. The molecule has 5 rings (SSSR count). The molecule has 0 amide bonds. The molecule has 0 bridgehead atoms. The first-order valence-corrected chi connectivity index (χ1v) is 13.9. The third-order valence-corrected chi connectivity index (χ3v) is 6.43. The summed E-state index contributed by atoms with van der Waals surface area (Å²) in [6, 6.07) is 19.3. The Morgan fingerprint density at radius 3 is 1.38 bits per heavy atom. The molecule has 3 aromatic carbocycles.